The van der Waals surface area contributed by atoms with Crippen molar-refractivity contribution in [2.75, 3.05) is 10.5 Å². The third-order valence-electron chi connectivity index (χ3n) is 2.45. The van der Waals surface area contributed by atoms with E-state index in [0.717, 1.165) is 6.20 Å². The molecule has 0 radical (unpaired) electrons. The molecule has 2 aromatic heterocycles. The summed E-state index contributed by atoms with van der Waals surface area (Å²) in [5.41, 5.74) is 6.15. The van der Waals surface area contributed by atoms with Gasteiger partial charge in [-0.3, -0.25) is 4.72 Å². The quantitative estimate of drug-likeness (QED) is 0.841. The Morgan fingerprint density at radius 2 is 2.00 bits per heavy atom. The van der Waals surface area contributed by atoms with Gasteiger partial charge in [0, 0.05) is 6.20 Å². The Kier molecular flexibility index (Phi) is 4.03. The van der Waals surface area contributed by atoms with Crippen molar-refractivity contribution in [2.45, 2.75) is 11.8 Å². The van der Waals surface area contributed by atoms with Gasteiger partial charge in [0.05, 0.1) is 5.69 Å². The molecule has 106 valence electrons. The second-order valence-electron chi connectivity index (χ2n) is 3.95. The molecule has 0 aromatic carbocycles. The van der Waals surface area contributed by atoms with Gasteiger partial charge in [-0.15, -0.1) is 0 Å². The molecule has 0 fully saturated rings. The van der Waals surface area contributed by atoms with Crippen LogP contribution in [0.2, 0.25) is 10.3 Å². The molecule has 0 atom stereocenters. The van der Waals surface area contributed by atoms with E-state index in [4.69, 9.17) is 28.9 Å². The van der Waals surface area contributed by atoms with E-state index in [1.807, 2.05) is 0 Å². The van der Waals surface area contributed by atoms with Crippen LogP contribution in [0, 0.1) is 6.92 Å². The molecule has 20 heavy (non-hydrogen) atoms. The van der Waals surface area contributed by atoms with Crippen molar-refractivity contribution in [3.8, 4) is 0 Å². The van der Waals surface area contributed by atoms with E-state index in [1.165, 1.54) is 18.2 Å². The van der Waals surface area contributed by atoms with Crippen LogP contribution in [0.4, 0.5) is 11.5 Å². The smallest absolute Gasteiger partial charge is 0.263 e. The van der Waals surface area contributed by atoms with Crippen molar-refractivity contribution in [2.24, 2.45) is 0 Å². The molecule has 2 rings (SSSR count). The highest BCUT2D eigenvalue weighted by molar-refractivity contribution is 7.92. The molecule has 2 heterocycles. The summed E-state index contributed by atoms with van der Waals surface area (Å²) < 4.78 is 26.7. The lowest BCUT2D eigenvalue weighted by atomic mass is 10.3. The van der Waals surface area contributed by atoms with Crippen LogP contribution in [-0.4, -0.2) is 18.4 Å². The summed E-state index contributed by atoms with van der Waals surface area (Å²) in [4.78, 5) is 7.50. The van der Waals surface area contributed by atoms with Crippen LogP contribution >= 0.6 is 23.2 Å². The highest BCUT2D eigenvalue weighted by atomic mass is 35.5. The number of hydrogen-bond donors (Lipinski definition) is 2. The summed E-state index contributed by atoms with van der Waals surface area (Å²) in [5.74, 6) is 0.228. The van der Waals surface area contributed by atoms with E-state index in [1.54, 1.807) is 6.92 Å². The maximum absolute atomic E-state index is 12.2. The topological polar surface area (TPSA) is 98.0 Å². The summed E-state index contributed by atoms with van der Waals surface area (Å²) >= 11 is 11.6. The first kappa shape index (κ1) is 14.8. The monoisotopic (exact) mass is 332 g/mol. The lowest BCUT2D eigenvalue weighted by Crippen LogP contribution is -2.15. The normalized spacial score (nSPS) is 11.3. The van der Waals surface area contributed by atoms with Crippen LogP contribution in [0.5, 0.6) is 0 Å². The van der Waals surface area contributed by atoms with Crippen LogP contribution in [0.3, 0.4) is 0 Å². The van der Waals surface area contributed by atoms with Crippen molar-refractivity contribution in [3.05, 3.63) is 40.3 Å². The zero-order valence-electron chi connectivity index (χ0n) is 10.3. The van der Waals surface area contributed by atoms with Crippen LogP contribution in [-0.2, 0) is 10.0 Å². The molecule has 2 aromatic rings. The minimum absolute atomic E-state index is 0.0259. The molecule has 0 saturated heterocycles. The average molecular weight is 333 g/mol. The number of aromatic nitrogens is 2. The number of aryl methyl sites for hydroxylation is 1. The maximum Gasteiger partial charge on any atom is 0.263 e. The van der Waals surface area contributed by atoms with E-state index >= 15 is 0 Å². The Morgan fingerprint density at radius 1 is 1.30 bits per heavy atom. The minimum atomic E-state index is -3.82. The lowest BCUT2D eigenvalue weighted by Gasteiger charge is -2.11. The van der Waals surface area contributed by atoms with Crippen LogP contribution in [0.25, 0.3) is 0 Å². The number of nitrogens with zero attached hydrogens (tertiary/aromatic N) is 2. The Labute approximate surface area is 126 Å². The molecule has 0 bridgehead atoms. The predicted molar refractivity (Wildman–Crippen MR) is 78.5 cm³/mol. The second kappa shape index (κ2) is 5.43. The first-order valence-electron chi connectivity index (χ1n) is 5.36. The van der Waals surface area contributed by atoms with Crippen LogP contribution < -0.4 is 10.5 Å². The van der Waals surface area contributed by atoms with E-state index in [-0.39, 0.29) is 26.7 Å². The zero-order valence-corrected chi connectivity index (χ0v) is 12.6. The minimum Gasteiger partial charge on any atom is -0.384 e. The lowest BCUT2D eigenvalue weighted by molar-refractivity contribution is 0.601. The van der Waals surface area contributed by atoms with E-state index in [2.05, 4.69) is 14.7 Å². The SMILES string of the molecule is Cc1cc(Cl)nc(Cl)c1NS(=O)(=O)c1ccc(N)nc1. The van der Waals surface area contributed by atoms with Crippen molar-refractivity contribution in [3.63, 3.8) is 0 Å². The molecule has 0 aliphatic carbocycles. The van der Waals surface area contributed by atoms with Crippen LogP contribution in [0.1, 0.15) is 5.56 Å². The van der Waals surface area contributed by atoms with Gasteiger partial charge in [-0.1, -0.05) is 23.2 Å². The molecule has 9 heteroatoms. The summed E-state index contributed by atoms with van der Waals surface area (Å²) in [6, 6.07) is 4.24. The fraction of sp³-hybridized carbons (Fsp3) is 0.0909. The third kappa shape index (κ3) is 3.12. The first-order chi connectivity index (χ1) is 9.29. The Balaban J connectivity index is 2.41. The number of nitrogen functional groups attached to an aromatic ring is 1. The first-order valence-corrected chi connectivity index (χ1v) is 7.60. The number of anilines is 2. The molecule has 0 unspecified atom stereocenters. The molecule has 0 aliphatic heterocycles. The molecular weight excluding hydrogens is 323 g/mol. The number of nitrogens with one attached hydrogen (secondary N) is 1. The highest BCUT2D eigenvalue weighted by Gasteiger charge is 2.18. The van der Waals surface area contributed by atoms with Crippen molar-refractivity contribution < 1.29 is 8.42 Å². The van der Waals surface area contributed by atoms with E-state index < -0.39 is 10.0 Å². The van der Waals surface area contributed by atoms with Gasteiger partial charge in [0.2, 0.25) is 0 Å². The van der Waals surface area contributed by atoms with Gasteiger partial charge in [-0.2, -0.15) is 0 Å². The molecule has 6 nitrogen and oxygen atoms in total. The number of pyridine rings is 2. The number of hydrogen-bond acceptors (Lipinski definition) is 5. The number of sulfonamides is 1. The van der Waals surface area contributed by atoms with Gasteiger partial charge < -0.3 is 5.73 Å². The van der Waals surface area contributed by atoms with Gasteiger partial charge in [0.25, 0.3) is 10.0 Å². The molecule has 0 saturated carbocycles. The fourth-order valence-corrected chi connectivity index (χ4v) is 3.18. The Hall–Kier alpha value is -1.57. The zero-order chi connectivity index (χ0) is 14.9. The molecule has 0 amide bonds. The van der Waals surface area contributed by atoms with Crippen molar-refractivity contribution in [1.82, 2.24) is 9.97 Å². The molecule has 0 spiro atoms. The summed E-state index contributed by atoms with van der Waals surface area (Å²) in [6.45, 7) is 1.67. The predicted octanol–water partition coefficient (Wildman–Crippen LogP) is 2.47. The standard InChI is InChI=1S/C11H10Cl2N4O2S/c1-6-4-8(12)16-11(13)10(6)17-20(18,19)7-2-3-9(14)15-5-7/h2-5,17H,1H3,(H2,14,15). The number of rotatable bonds is 3. The van der Waals surface area contributed by atoms with Gasteiger partial charge in [-0.25, -0.2) is 18.4 Å². The molecule has 0 aliphatic rings. The summed E-state index contributed by atoms with van der Waals surface area (Å²) in [6.07, 6.45) is 1.16. The van der Waals surface area contributed by atoms with E-state index in [0.29, 0.717) is 5.56 Å². The maximum atomic E-state index is 12.2. The number of nitrogens with two attached hydrogens (primary N) is 1. The summed E-state index contributed by atoms with van der Waals surface area (Å²) in [5, 5.41) is 0.159. The Morgan fingerprint density at radius 3 is 2.55 bits per heavy atom. The summed E-state index contributed by atoms with van der Waals surface area (Å²) in [7, 11) is -3.82. The molecular formula is C11H10Cl2N4O2S. The Bertz CT molecular complexity index is 725. The van der Waals surface area contributed by atoms with Gasteiger partial charge in [0.15, 0.2) is 5.15 Å². The largest absolute Gasteiger partial charge is 0.384 e. The number of halogens is 2. The van der Waals surface area contributed by atoms with Gasteiger partial charge >= 0.3 is 0 Å². The van der Waals surface area contributed by atoms with Crippen LogP contribution in [0.15, 0.2) is 29.3 Å². The third-order valence-corrected chi connectivity index (χ3v) is 4.25. The van der Waals surface area contributed by atoms with Gasteiger partial charge in [0.1, 0.15) is 15.9 Å². The molecule has 3 N–H and O–H groups in total. The fourth-order valence-electron chi connectivity index (χ4n) is 1.46. The van der Waals surface area contributed by atoms with Crippen molar-refractivity contribution >= 4 is 44.7 Å². The van der Waals surface area contributed by atoms with Crippen molar-refractivity contribution in [1.29, 1.82) is 0 Å². The second-order valence-corrected chi connectivity index (χ2v) is 6.38. The average Bonchev–Trinajstić information content (AvgIpc) is 2.34. The highest BCUT2D eigenvalue weighted by Crippen LogP contribution is 2.28. The van der Waals surface area contributed by atoms with E-state index in [9.17, 15) is 8.42 Å². The van der Waals surface area contributed by atoms with Gasteiger partial charge in [-0.05, 0) is 30.7 Å².